The van der Waals surface area contributed by atoms with Gasteiger partial charge in [0.25, 0.3) is 0 Å². The summed E-state index contributed by atoms with van der Waals surface area (Å²) in [5.41, 5.74) is 4.89. The molecule has 0 aromatic heterocycles. The molecule has 0 amide bonds. The van der Waals surface area contributed by atoms with Gasteiger partial charge in [-0.3, -0.25) is 0 Å². The molecule has 48 heavy (non-hydrogen) atoms. The van der Waals surface area contributed by atoms with Crippen LogP contribution in [0, 0.1) is 0 Å². The first-order valence-corrected chi connectivity index (χ1v) is 16.7. The first-order chi connectivity index (χ1) is 23.8. The molecule has 2 aliphatic rings. The van der Waals surface area contributed by atoms with Gasteiger partial charge in [0, 0.05) is 0 Å². The van der Waals surface area contributed by atoms with Crippen LogP contribution in [-0.4, -0.2) is 37.6 Å². The van der Waals surface area contributed by atoms with Gasteiger partial charge >= 0.3 is 0 Å². The van der Waals surface area contributed by atoms with E-state index in [1.54, 1.807) is 0 Å². The molecule has 0 aliphatic carbocycles. The molecule has 4 atom stereocenters. The molecule has 0 bridgehead atoms. The monoisotopic (exact) mass is 630 g/mol. The summed E-state index contributed by atoms with van der Waals surface area (Å²) in [4.78, 5) is 0. The van der Waals surface area contributed by atoms with E-state index in [9.17, 15) is 0 Å². The molecule has 6 aromatic rings. The Hall–Kier alpha value is -4.84. The van der Waals surface area contributed by atoms with Gasteiger partial charge in [-0.2, -0.15) is 0 Å². The molecule has 238 valence electrons. The van der Waals surface area contributed by atoms with Gasteiger partial charge in [-0.1, -0.05) is 182 Å². The van der Waals surface area contributed by atoms with Crippen molar-refractivity contribution in [1.82, 2.24) is 0 Å². The summed E-state index contributed by atoms with van der Waals surface area (Å²) in [7, 11) is 0. The highest BCUT2D eigenvalue weighted by Gasteiger charge is 2.58. The summed E-state index contributed by atoms with van der Waals surface area (Å²) in [6.45, 7) is 0.859. The average molecular weight is 631 g/mol. The fraction of sp³-hybridized carbons (Fsp3) is 0.182. The Morgan fingerprint density at radius 2 is 0.542 bits per heavy atom. The van der Waals surface area contributed by atoms with Crippen LogP contribution < -0.4 is 0 Å². The van der Waals surface area contributed by atoms with Gasteiger partial charge in [0.2, 0.25) is 0 Å². The molecule has 0 spiro atoms. The van der Waals surface area contributed by atoms with E-state index < -0.39 is 11.2 Å². The lowest BCUT2D eigenvalue weighted by Gasteiger charge is -2.36. The lowest BCUT2D eigenvalue weighted by Crippen LogP contribution is -2.35. The average Bonchev–Trinajstić information content (AvgIpc) is 4.11. The highest BCUT2D eigenvalue weighted by molar-refractivity contribution is 5.49. The Kier molecular flexibility index (Phi) is 8.48. The first-order valence-electron chi connectivity index (χ1n) is 16.7. The molecule has 2 aliphatic heterocycles. The lowest BCUT2D eigenvalue weighted by molar-refractivity contribution is 0.00413. The topological polar surface area (TPSA) is 43.5 Å². The minimum atomic E-state index is -0.784. The Morgan fingerprint density at radius 1 is 0.333 bits per heavy atom. The van der Waals surface area contributed by atoms with E-state index in [0.717, 1.165) is 33.4 Å². The van der Waals surface area contributed by atoms with Gasteiger partial charge in [0.1, 0.15) is 35.6 Å². The van der Waals surface area contributed by atoms with Crippen LogP contribution in [0.4, 0.5) is 0 Å². The number of hydrogen-bond donors (Lipinski definition) is 0. The van der Waals surface area contributed by atoms with Crippen molar-refractivity contribution in [3.8, 4) is 0 Å². The van der Waals surface area contributed by atoms with Gasteiger partial charge in [0.05, 0.1) is 13.2 Å². The van der Waals surface area contributed by atoms with E-state index in [1.165, 1.54) is 0 Å². The summed E-state index contributed by atoms with van der Waals surface area (Å²) in [5, 5.41) is 0. The van der Waals surface area contributed by atoms with Gasteiger partial charge < -0.3 is 18.9 Å². The van der Waals surface area contributed by atoms with Crippen molar-refractivity contribution in [3.05, 3.63) is 215 Å². The predicted molar refractivity (Wildman–Crippen MR) is 188 cm³/mol. The minimum absolute atomic E-state index is 0.0433. The minimum Gasteiger partial charge on any atom is -0.364 e. The second kappa shape index (κ2) is 13.3. The molecule has 6 aromatic carbocycles. The third-order valence-electron chi connectivity index (χ3n) is 9.58. The zero-order chi connectivity index (χ0) is 32.2. The second-order valence-electron chi connectivity index (χ2n) is 12.5. The van der Waals surface area contributed by atoms with E-state index in [1.807, 2.05) is 36.4 Å². The van der Waals surface area contributed by atoms with Crippen LogP contribution in [0.3, 0.4) is 0 Å². The van der Waals surface area contributed by atoms with Crippen molar-refractivity contribution >= 4 is 0 Å². The molecule has 0 unspecified atom stereocenters. The zero-order valence-electron chi connectivity index (χ0n) is 26.7. The molecular weight excluding hydrogens is 592 g/mol. The number of rotatable bonds is 13. The van der Waals surface area contributed by atoms with Crippen molar-refractivity contribution in [2.24, 2.45) is 0 Å². The molecule has 2 fully saturated rings. The maximum absolute atomic E-state index is 7.03. The Balaban J connectivity index is 1.01. The largest absolute Gasteiger partial charge is 0.364 e. The van der Waals surface area contributed by atoms with E-state index >= 15 is 0 Å². The van der Waals surface area contributed by atoms with Gasteiger partial charge in [0.15, 0.2) is 0 Å². The molecule has 2 heterocycles. The normalized spacial score (nSPS) is 20.2. The summed E-state index contributed by atoms with van der Waals surface area (Å²) in [6.07, 6.45) is -0.230. The quantitative estimate of drug-likeness (QED) is 0.0948. The molecule has 8 rings (SSSR count). The van der Waals surface area contributed by atoms with Gasteiger partial charge in [-0.15, -0.1) is 0 Å². The lowest BCUT2D eigenvalue weighted by atomic mass is 9.80. The smallest absolute Gasteiger partial charge is 0.143 e. The van der Waals surface area contributed by atoms with Crippen molar-refractivity contribution in [1.29, 1.82) is 0 Å². The first kappa shape index (κ1) is 30.5. The van der Waals surface area contributed by atoms with Crippen LogP contribution in [0.1, 0.15) is 33.4 Å². The number of ether oxygens (including phenoxy) is 4. The standard InChI is InChI=1S/C44H38O4/c1-7-19-33(20-8-1)43(34-21-9-2-10-22-34,35-23-11-3-12-24-35)45-31-39-41(47-39)42-40(48-42)32-46-44(36-25-13-4-14-26-36,37-27-15-5-16-28-37)38-29-17-6-18-30-38/h1-30,39-42H,31-32H2/t39-,40-,41+,42+/m0/s1. The van der Waals surface area contributed by atoms with Gasteiger partial charge in [-0.05, 0) is 33.4 Å². The fourth-order valence-electron chi connectivity index (χ4n) is 7.11. The molecule has 4 heteroatoms. The zero-order valence-corrected chi connectivity index (χ0v) is 26.7. The van der Waals surface area contributed by atoms with Crippen molar-refractivity contribution < 1.29 is 18.9 Å². The maximum atomic E-state index is 7.03. The molecular formula is C44H38O4. The molecule has 2 saturated heterocycles. The van der Waals surface area contributed by atoms with Crippen LogP contribution in [0.2, 0.25) is 0 Å². The number of benzene rings is 6. The van der Waals surface area contributed by atoms with Crippen LogP contribution in [0.25, 0.3) is 0 Å². The molecule has 0 radical (unpaired) electrons. The van der Waals surface area contributed by atoms with Crippen LogP contribution >= 0.6 is 0 Å². The van der Waals surface area contributed by atoms with Crippen molar-refractivity contribution in [2.75, 3.05) is 13.2 Å². The van der Waals surface area contributed by atoms with Crippen LogP contribution in [0.5, 0.6) is 0 Å². The Bertz CT molecular complexity index is 1550. The summed E-state index contributed by atoms with van der Waals surface area (Å²) >= 11 is 0. The number of hydrogen-bond acceptors (Lipinski definition) is 4. The highest BCUT2D eigenvalue weighted by atomic mass is 16.7. The molecule has 0 N–H and O–H groups in total. The van der Waals surface area contributed by atoms with Crippen LogP contribution in [0.15, 0.2) is 182 Å². The summed E-state index contributed by atoms with van der Waals surface area (Å²) in [6, 6.07) is 62.7. The van der Waals surface area contributed by atoms with E-state index in [0.29, 0.717) is 13.2 Å². The maximum Gasteiger partial charge on any atom is 0.143 e. The Morgan fingerprint density at radius 3 is 0.750 bits per heavy atom. The summed E-state index contributed by atoms with van der Waals surface area (Å²) < 4.78 is 26.6. The highest BCUT2D eigenvalue weighted by Crippen LogP contribution is 2.46. The van der Waals surface area contributed by atoms with E-state index in [-0.39, 0.29) is 24.4 Å². The Labute approximate surface area is 282 Å². The van der Waals surface area contributed by atoms with Crippen LogP contribution in [-0.2, 0) is 30.1 Å². The van der Waals surface area contributed by atoms with E-state index in [4.69, 9.17) is 18.9 Å². The van der Waals surface area contributed by atoms with Gasteiger partial charge in [-0.25, -0.2) is 0 Å². The molecule has 0 saturated carbocycles. The molecule has 4 nitrogen and oxygen atoms in total. The fourth-order valence-corrected chi connectivity index (χ4v) is 7.11. The van der Waals surface area contributed by atoms with Crippen molar-refractivity contribution in [3.63, 3.8) is 0 Å². The predicted octanol–water partition coefficient (Wildman–Crippen LogP) is 8.54. The summed E-state index contributed by atoms with van der Waals surface area (Å²) in [5.74, 6) is 0. The number of epoxide rings is 2. The van der Waals surface area contributed by atoms with Crippen molar-refractivity contribution in [2.45, 2.75) is 35.6 Å². The van der Waals surface area contributed by atoms with E-state index in [2.05, 4.69) is 146 Å². The third-order valence-corrected chi connectivity index (χ3v) is 9.58. The third kappa shape index (κ3) is 5.78. The second-order valence-corrected chi connectivity index (χ2v) is 12.5. The SMILES string of the molecule is c1ccc(C(OC[C@@H]2O[C@H]2[C@@H]2O[C@H]2COC(c2ccccc2)(c2ccccc2)c2ccccc2)(c2ccccc2)c2ccccc2)cc1.